The van der Waals surface area contributed by atoms with Crippen LogP contribution < -0.4 is 4.74 Å². The first-order valence-corrected chi connectivity index (χ1v) is 13.2. The maximum absolute atomic E-state index is 13.5. The number of hydrogen-bond donors (Lipinski definition) is 3. The number of methoxy groups -OCH3 is 1. The molecule has 3 rings (SSSR count). The summed E-state index contributed by atoms with van der Waals surface area (Å²) in [5, 5.41) is 32.2. The van der Waals surface area contributed by atoms with E-state index in [2.05, 4.69) is 6.08 Å². The van der Waals surface area contributed by atoms with Gasteiger partial charge in [-0.05, 0) is 71.9 Å². The number of phenolic OH excluding ortho intramolecular Hbond substituents is 2. The second-order valence-corrected chi connectivity index (χ2v) is 10.7. The van der Waals surface area contributed by atoms with E-state index in [4.69, 9.17) is 14.2 Å². The Morgan fingerprint density at radius 2 is 1.85 bits per heavy atom. The third-order valence-corrected chi connectivity index (χ3v) is 7.20. The van der Waals surface area contributed by atoms with E-state index in [9.17, 15) is 29.7 Å². The van der Waals surface area contributed by atoms with E-state index >= 15 is 0 Å². The topological polar surface area (TPSA) is 143 Å². The van der Waals surface area contributed by atoms with Gasteiger partial charge in [-0.3, -0.25) is 9.59 Å². The van der Waals surface area contributed by atoms with Crippen molar-refractivity contribution in [3.8, 4) is 17.2 Å². The van der Waals surface area contributed by atoms with E-state index in [1.165, 1.54) is 18.1 Å². The lowest BCUT2D eigenvalue weighted by atomic mass is 9.95. The van der Waals surface area contributed by atoms with Crippen LogP contribution in [-0.4, -0.2) is 69.5 Å². The highest BCUT2D eigenvalue weighted by Crippen LogP contribution is 2.45. The van der Waals surface area contributed by atoms with Gasteiger partial charge in [-0.1, -0.05) is 17.2 Å². The number of nitrogens with zero attached hydrogens (tertiary/aromatic N) is 1. The monoisotopic (exact) mass is 545 g/mol. The van der Waals surface area contributed by atoms with Gasteiger partial charge in [0.2, 0.25) is 5.75 Å². The third kappa shape index (κ3) is 7.32. The van der Waals surface area contributed by atoms with Gasteiger partial charge in [0.15, 0.2) is 11.5 Å². The SMILES string of the molecule is COC(=O)CCC1C(=O)OC(C(C)(C)O)CCC(C)=CCCC(C)=CCOc2c(O)cc3c(c2O)CN1C3=O. The first kappa shape index (κ1) is 30.0. The second-order valence-electron chi connectivity index (χ2n) is 10.7. The van der Waals surface area contributed by atoms with Gasteiger partial charge in [0, 0.05) is 12.0 Å². The number of aromatic hydroxyl groups is 2. The normalized spacial score (nSPS) is 21.2. The smallest absolute Gasteiger partial charge is 0.329 e. The Bertz CT molecular complexity index is 1160. The number of esters is 2. The zero-order valence-electron chi connectivity index (χ0n) is 23.3. The third-order valence-electron chi connectivity index (χ3n) is 7.20. The summed E-state index contributed by atoms with van der Waals surface area (Å²) < 4.78 is 16.2. The fourth-order valence-electron chi connectivity index (χ4n) is 4.73. The molecule has 1 aromatic carbocycles. The summed E-state index contributed by atoms with van der Waals surface area (Å²) in [7, 11) is 1.22. The van der Waals surface area contributed by atoms with Crippen LogP contribution in [0.5, 0.6) is 17.2 Å². The molecule has 2 aliphatic rings. The predicted molar refractivity (Wildman–Crippen MR) is 142 cm³/mol. The molecular weight excluding hydrogens is 506 g/mol. The molecule has 1 aromatic rings. The Balaban J connectivity index is 2.04. The number of hydrogen-bond acceptors (Lipinski definition) is 9. The van der Waals surface area contributed by atoms with Gasteiger partial charge in [0.1, 0.15) is 18.8 Å². The van der Waals surface area contributed by atoms with E-state index < -0.39 is 47.1 Å². The molecule has 0 saturated heterocycles. The Morgan fingerprint density at radius 1 is 1.15 bits per heavy atom. The van der Waals surface area contributed by atoms with Crippen LogP contribution in [0.4, 0.5) is 0 Å². The maximum Gasteiger partial charge on any atom is 0.329 e. The van der Waals surface area contributed by atoms with Crippen molar-refractivity contribution in [2.45, 2.75) is 90.5 Å². The minimum Gasteiger partial charge on any atom is -0.504 e. The van der Waals surface area contributed by atoms with Crippen LogP contribution in [0.2, 0.25) is 0 Å². The highest BCUT2D eigenvalue weighted by atomic mass is 16.6. The van der Waals surface area contributed by atoms with Gasteiger partial charge in [-0.25, -0.2) is 4.79 Å². The molecule has 10 nitrogen and oxygen atoms in total. The first-order valence-electron chi connectivity index (χ1n) is 13.2. The molecule has 2 aliphatic heterocycles. The van der Waals surface area contributed by atoms with Gasteiger partial charge in [0.25, 0.3) is 5.91 Å². The number of aliphatic hydroxyl groups is 1. The van der Waals surface area contributed by atoms with Crippen LogP contribution in [-0.2, 0) is 25.6 Å². The Kier molecular flexibility index (Phi) is 9.66. The van der Waals surface area contributed by atoms with Crippen molar-refractivity contribution in [3.63, 3.8) is 0 Å². The van der Waals surface area contributed by atoms with Crippen LogP contribution in [0.15, 0.2) is 29.4 Å². The molecule has 2 atom stereocenters. The van der Waals surface area contributed by atoms with Crippen molar-refractivity contribution < 1.29 is 43.9 Å². The zero-order chi connectivity index (χ0) is 28.9. The van der Waals surface area contributed by atoms with E-state index in [1.54, 1.807) is 13.8 Å². The molecule has 2 unspecified atom stereocenters. The van der Waals surface area contributed by atoms with Gasteiger partial charge < -0.3 is 34.4 Å². The fourth-order valence-corrected chi connectivity index (χ4v) is 4.73. The molecule has 0 aromatic heterocycles. The van der Waals surface area contributed by atoms with Gasteiger partial charge in [-0.15, -0.1) is 0 Å². The molecule has 0 aliphatic carbocycles. The summed E-state index contributed by atoms with van der Waals surface area (Å²) in [6.07, 6.45) is 5.32. The lowest BCUT2D eigenvalue weighted by Gasteiger charge is -2.33. The highest BCUT2D eigenvalue weighted by molar-refractivity contribution is 6.02. The summed E-state index contributed by atoms with van der Waals surface area (Å²) in [5.74, 6) is -2.92. The average Bonchev–Trinajstić information content (AvgIpc) is 3.18. The molecule has 1 amide bonds. The lowest BCUT2D eigenvalue weighted by Crippen LogP contribution is -2.47. The number of rotatable bonds is 4. The Labute approximate surface area is 228 Å². The minimum atomic E-state index is -1.37. The molecule has 39 heavy (non-hydrogen) atoms. The van der Waals surface area contributed by atoms with Gasteiger partial charge >= 0.3 is 11.9 Å². The molecular formula is C29H39NO9. The fraction of sp³-hybridized carbons (Fsp3) is 0.552. The predicted octanol–water partition coefficient (Wildman–Crippen LogP) is 3.90. The van der Waals surface area contributed by atoms with E-state index in [-0.39, 0.29) is 42.9 Å². The van der Waals surface area contributed by atoms with Crippen molar-refractivity contribution in [2.75, 3.05) is 13.7 Å². The number of amides is 1. The molecule has 0 saturated carbocycles. The Morgan fingerprint density at radius 3 is 2.51 bits per heavy atom. The van der Waals surface area contributed by atoms with Crippen LogP contribution >= 0.6 is 0 Å². The maximum atomic E-state index is 13.5. The molecule has 0 fully saturated rings. The number of allylic oxidation sites excluding steroid dienone is 3. The largest absolute Gasteiger partial charge is 0.504 e. The van der Waals surface area contributed by atoms with Crippen LogP contribution in [0.1, 0.15) is 82.1 Å². The van der Waals surface area contributed by atoms with E-state index in [0.717, 1.165) is 24.0 Å². The second kappa shape index (κ2) is 12.5. The molecule has 214 valence electrons. The van der Waals surface area contributed by atoms with E-state index in [0.29, 0.717) is 12.8 Å². The lowest BCUT2D eigenvalue weighted by molar-refractivity contribution is -0.168. The molecule has 0 radical (unpaired) electrons. The van der Waals surface area contributed by atoms with Crippen molar-refractivity contribution in [2.24, 2.45) is 0 Å². The summed E-state index contributed by atoms with van der Waals surface area (Å²) in [4.78, 5) is 40.0. The number of ether oxygens (including phenoxy) is 3. The molecule has 0 spiro atoms. The van der Waals surface area contributed by atoms with Crippen molar-refractivity contribution in [1.29, 1.82) is 0 Å². The molecule has 10 heteroatoms. The van der Waals surface area contributed by atoms with Crippen LogP contribution in [0, 0.1) is 0 Å². The average molecular weight is 546 g/mol. The first-order chi connectivity index (χ1) is 18.3. The van der Waals surface area contributed by atoms with Crippen LogP contribution in [0.3, 0.4) is 0 Å². The molecule has 3 bridgehead atoms. The van der Waals surface area contributed by atoms with E-state index in [1.807, 2.05) is 19.9 Å². The highest BCUT2D eigenvalue weighted by Gasteiger charge is 2.42. The minimum absolute atomic E-state index is 0.0224. The van der Waals surface area contributed by atoms with Crippen molar-refractivity contribution in [3.05, 3.63) is 40.5 Å². The summed E-state index contributed by atoms with van der Waals surface area (Å²) in [5.41, 5.74) is 0.998. The van der Waals surface area contributed by atoms with Crippen molar-refractivity contribution in [1.82, 2.24) is 4.90 Å². The quantitative estimate of drug-likeness (QED) is 0.379. The number of phenols is 2. The molecule has 2 heterocycles. The number of cyclic esters (lactones) is 1. The van der Waals surface area contributed by atoms with Gasteiger partial charge in [-0.2, -0.15) is 0 Å². The summed E-state index contributed by atoms with van der Waals surface area (Å²) in [6.45, 7) is 6.99. The number of fused-ring (bicyclic) bond motifs is 2. The zero-order valence-corrected chi connectivity index (χ0v) is 23.3. The number of carbonyl (C=O) groups excluding carboxylic acids is 3. The van der Waals surface area contributed by atoms with Crippen LogP contribution in [0.25, 0.3) is 0 Å². The molecule has 3 N–H and O–H groups in total. The van der Waals surface area contributed by atoms with Crippen molar-refractivity contribution >= 4 is 17.8 Å². The number of carbonyl (C=O) groups is 3. The Hall–Kier alpha value is -3.53. The summed E-state index contributed by atoms with van der Waals surface area (Å²) >= 11 is 0. The van der Waals surface area contributed by atoms with Gasteiger partial charge in [0.05, 0.1) is 24.8 Å². The number of benzene rings is 1. The standard InChI is InChI=1S/C29H39NO9/c1-17-7-6-8-18(2)13-14-38-26-22(31)15-19-20(25(26)33)16-30(27(19)34)21(10-12-24(32)37-5)28(35)39-23(11-9-17)29(3,4)36/h7,13,15,21,23,31,33,36H,6,8-12,14,16H2,1-5H3. The summed E-state index contributed by atoms with van der Waals surface area (Å²) in [6, 6.07) is 0.00132.